The fourth-order valence-electron chi connectivity index (χ4n) is 3.05. The molecular formula is C13H26N2O. The quantitative estimate of drug-likeness (QED) is 0.744. The molecule has 1 saturated carbocycles. The molecule has 1 heterocycles. The Labute approximate surface area is 99.0 Å². The van der Waals surface area contributed by atoms with Crippen LogP contribution in [0.1, 0.15) is 44.9 Å². The number of aliphatic hydroxyl groups is 1. The molecule has 1 unspecified atom stereocenters. The Hall–Kier alpha value is -0.120. The van der Waals surface area contributed by atoms with E-state index in [-0.39, 0.29) is 0 Å². The van der Waals surface area contributed by atoms with Gasteiger partial charge in [0.2, 0.25) is 0 Å². The van der Waals surface area contributed by atoms with E-state index >= 15 is 0 Å². The highest BCUT2D eigenvalue weighted by Gasteiger charge is 2.43. The Morgan fingerprint density at radius 1 is 1.25 bits per heavy atom. The Morgan fingerprint density at radius 2 is 2.06 bits per heavy atom. The van der Waals surface area contributed by atoms with Crippen LogP contribution in [0.2, 0.25) is 0 Å². The summed E-state index contributed by atoms with van der Waals surface area (Å²) in [7, 11) is 0. The number of nitrogens with two attached hydrogens (primary N) is 1. The Balaban J connectivity index is 1.90. The molecule has 0 aromatic rings. The molecule has 2 rings (SSSR count). The zero-order valence-electron chi connectivity index (χ0n) is 10.3. The van der Waals surface area contributed by atoms with E-state index in [1.54, 1.807) is 0 Å². The Bertz CT molecular complexity index is 216. The third-order valence-corrected chi connectivity index (χ3v) is 4.38. The molecule has 0 amide bonds. The van der Waals surface area contributed by atoms with Crippen molar-refractivity contribution < 1.29 is 5.11 Å². The van der Waals surface area contributed by atoms with E-state index in [1.165, 1.54) is 58.0 Å². The first kappa shape index (κ1) is 12.3. The predicted molar refractivity (Wildman–Crippen MR) is 66.3 cm³/mol. The van der Waals surface area contributed by atoms with Gasteiger partial charge in [0.1, 0.15) is 0 Å². The molecule has 0 aromatic carbocycles. The van der Waals surface area contributed by atoms with E-state index in [0.717, 1.165) is 6.54 Å². The fourth-order valence-corrected chi connectivity index (χ4v) is 3.05. The zero-order chi connectivity index (χ0) is 11.4. The van der Waals surface area contributed by atoms with Crippen LogP contribution < -0.4 is 5.73 Å². The average molecular weight is 226 g/mol. The Morgan fingerprint density at radius 3 is 2.69 bits per heavy atom. The van der Waals surface area contributed by atoms with E-state index < -0.39 is 0 Å². The van der Waals surface area contributed by atoms with Crippen LogP contribution in [-0.4, -0.2) is 42.3 Å². The van der Waals surface area contributed by atoms with Crippen LogP contribution in [0.3, 0.4) is 0 Å². The highest BCUT2D eigenvalue weighted by atomic mass is 16.3. The van der Waals surface area contributed by atoms with Crippen molar-refractivity contribution >= 4 is 0 Å². The summed E-state index contributed by atoms with van der Waals surface area (Å²) in [6, 6.07) is 0.415. The van der Waals surface area contributed by atoms with Crippen molar-refractivity contribution in [3.8, 4) is 0 Å². The summed E-state index contributed by atoms with van der Waals surface area (Å²) in [5, 5.41) is 9.47. The molecule has 2 fully saturated rings. The molecule has 1 saturated heterocycles. The number of likely N-dealkylation sites (tertiary alicyclic amines) is 1. The van der Waals surface area contributed by atoms with Crippen LogP contribution in [0.15, 0.2) is 0 Å². The van der Waals surface area contributed by atoms with Gasteiger partial charge in [-0.1, -0.05) is 12.8 Å². The summed E-state index contributed by atoms with van der Waals surface area (Å²) in [5.41, 5.74) is 6.21. The minimum atomic E-state index is 0.332. The lowest BCUT2D eigenvalue weighted by Gasteiger charge is -2.32. The molecule has 0 bridgehead atoms. The van der Waals surface area contributed by atoms with Gasteiger partial charge in [-0.25, -0.2) is 0 Å². The first-order chi connectivity index (χ1) is 7.79. The van der Waals surface area contributed by atoms with Gasteiger partial charge in [-0.3, -0.25) is 4.90 Å². The van der Waals surface area contributed by atoms with Gasteiger partial charge in [0.15, 0.2) is 0 Å². The second kappa shape index (κ2) is 5.48. The number of aliphatic hydroxyl groups excluding tert-OH is 1. The maximum atomic E-state index is 9.47. The largest absolute Gasteiger partial charge is 0.395 e. The monoisotopic (exact) mass is 226 g/mol. The normalized spacial score (nSPS) is 30.0. The fraction of sp³-hybridized carbons (Fsp3) is 1.00. The van der Waals surface area contributed by atoms with Gasteiger partial charge in [-0.2, -0.15) is 0 Å². The van der Waals surface area contributed by atoms with Gasteiger partial charge in [-0.05, 0) is 50.6 Å². The maximum Gasteiger partial charge on any atom is 0.0586 e. The van der Waals surface area contributed by atoms with Gasteiger partial charge >= 0.3 is 0 Å². The van der Waals surface area contributed by atoms with Gasteiger partial charge in [-0.15, -0.1) is 0 Å². The number of rotatable bonds is 5. The molecule has 3 nitrogen and oxygen atoms in total. The summed E-state index contributed by atoms with van der Waals surface area (Å²) >= 11 is 0. The van der Waals surface area contributed by atoms with Crippen molar-refractivity contribution in [2.24, 2.45) is 11.1 Å². The summed E-state index contributed by atoms with van der Waals surface area (Å²) in [6.45, 7) is 3.50. The maximum absolute atomic E-state index is 9.47. The van der Waals surface area contributed by atoms with E-state index in [0.29, 0.717) is 18.1 Å². The summed E-state index contributed by atoms with van der Waals surface area (Å²) in [5.74, 6) is 0. The van der Waals surface area contributed by atoms with E-state index in [2.05, 4.69) is 4.90 Å². The summed E-state index contributed by atoms with van der Waals surface area (Å²) < 4.78 is 0. The third-order valence-electron chi connectivity index (χ3n) is 4.38. The lowest BCUT2D eigenvalue weighted by molar-refractivity contribution is 0.102. The van der Waals surface area contributed by atoms with Crippen LogP contribution >= 0.6 is 0 Å². The molecule has 0 radical (unpaired) electrons. The van der Waals surface area contributed by atoms with Gasteiger partial charge in [0.25, 0.3) is 0 Å². The second-order valence-electron chi connectivity index (χ2n) is 5.69. The second-order valence-corrected chi connectivity index (χ2v) is 5.69. The van der Waals surface area contributed by atoms with E-state index in [1.807, 2.05) is 0 Å². The summed E-state index contributed by atoms with van der Waals surface area (Å²) in [6.07, 6.45) is 8.95. The minimum Gasteiger partial charge on any atom is -0.395 e. The molecular weight excluding hydrogens is 200 g/mol. The lowest BCUT2D eigenvalue weighted by Crippen LogP contribution is -2.41. The molecule has 1 atom stereocenters. The smallest absolute Gasteiger partial charge is 0.0586 e. The standard InChI is InChI=1S/C13H26N2O/c14-8-7-13(5-6-13)11-15-9-3-1-2-4-12(15)10-16/h12,16H,1-11,14H2. The van der Waals surface area contributed by atoms with E-state index in [9.17, 15) is 5.11 Å². The van der Waals surface area contributed by atoms with Crippen LogP contribution in [0.4, 0.5) is 0 Å². The van der Waals surface area contributed by atoms with Crippen molar-refractivity contribution in [3.63, 3.8) is 0 Å². The van der Waals surface area contributed by atoms with Gasteiger partial charge in [0.05, 0.1) is 6.61 Å². The number of hydrogen-bond acceptors (Lipinski definition) is 3. The van der Waals surface area contributed by atoms with Crippen LogP contribution in [0.5, 0.6) is 0 Å². The molecule has 94 valence electrons. The van der Waals surface area contributed by atoms with Crippen molar-refractivity contribution in [3.05, 3.63) is 0 Å². The topological polar surface area (TPSA) is 49.5 Å². The van der Waals surface area contributed by atoms with Crippen molar-refractivity contribution in [2.45, 2.75) is 51.0 Å². The summed E-state index contributed by atoms with van der Waals surface area (Å²) in [4.78, 5) is 2.54. The first-order valence-corrected chi connectivity index (χ1v) is 6.85. The minimum absolute atomic E-state index is 0.332. The van der Waals surface area contributed by atoms with E-state index in [4.69, 9.17) is 5.73 Å². The average Bonchev–Trinajstić information content (AvgIpc) is 3.05. The molecule has 1 aliphatic carbocycles. The molecule has 16 heavy (non-hydrogen) atoms. The predicted octanol–water partition coefficient (Wildman–Crippen LogP) is 1.35. The van der Waals surface area contributed by atoms with Gasteiger partial charge < -0.3 is 10.8 Å². The molecule has 3 N–H and O–H groups in total. The molecule has 0 aromatic heterocycles. The SMILES string of the molecule is NCCC1(CN2CCCCCC2CO)CC1. The zero-order valence-corrected chi connectivity index (χ0v) is 10.3. The number of hydrogen-bond donors (Lipinski definition) is 2. The third kappa shape index (κ3) is 2.96. The molecule has 0 spiro atoms. The molecule has 2 aliphatic rings. The van der Waals surface area contributed by atoms with Crippen molar-refractivity contribution in [1.82, 2.24) is 4.90 Å². The van der Waals surface area contributed by atoms with Gasteiger partial charge in [0, 0.05) is 12.6 Å². The molecule has 3 heteroatoms. The Kier molecular flexibility index (Phi) is 4.22. The van der Waals surface area contributed by atoms with Crippen molar-refractivity contribution in [1.29, 1.82) is 0 Å². The van der Waals surface area contributed by atoms with Crippen LogP contribution in [0, 0.1) is 5.41 Å². The van der Waals surface area contributed by atoms with Crippen LogP contribution in [-0.2, 0) is 0 Å². The number of nitrogens with zero attached hydrogens (tertiary/aromatic N) is 1. The molecule has 1 aliphatic heterocycles. The van der Waals surface area contributed by atoms with Crippen molar-refractivity contribution in [2.75, 3.05) is 26.2 Å². The first-order valence-electron chi connectivity index (χ1n) is 6.85. The highest BCUT2D eigenvalue weighted by Crippen LogP contribution is 2.49. The lowest BCUT2D eigenvalue weighted by atomic mass is 10.0. The highest BCUT2D eigenvalue weighted by molar-refractivity contribution is 4.96. The van der Waals surface area contributed by atoms with Crippen LogP contribution in [0.25, 0.3) is 0 Å².